The number of nitrogens with one attached hydrogen (secondary N) is 1. The van der Waals surface area contributed by atoms with Gasteiger partial charge in [-0.15, -0.1) is 0 Å². The van der Waals surface area contributed by atoms with Gasteiger partial charge in [0.1, 0.15) is 0 Å². The lowest BCUT2D eigenvalue weighted by Gasteiger charge is -1.97. The van der Waals surface area contributed by atoms with Crippen molar-refractivity contribution >= 4 is 5.90 Å². The fourth-order valence-electron chi connectivity index (χ4n) is 0.439. The molecular formula is C6H13NO. The molecule has 0 rings (SSSR count). The van der Waals surface area contributed by atoms with Gasteiger partial charge in [0.05, 0.1) is 7.11 Å². The minimum Gasteiger partial charge on any atom is -0.484 e. The van der Waals surface area contributed by atoms with Crippen LogP contribution in [0.4, 0.5) is 0 Å². The van der Waals surface area contributed by atoms with Crippen molar-refractivity contribution in [2.75, 3.05) is 7.11 Å². The average molecular weight is 115 g/mol. The van der Waals surface area contributed by atoms with Crippen molar-refractivity contribution in [2.45, 2.75) is 26.2 Å². The van der Waals surface area contributed by atoms with Gasteiger partial charge in [0.25, 0.3) is 0 Å². The highest BCUT2D eigenvalue weighted by Crippen LogP contribution is 1.94. The van der Waals surface area contributed by atoms with Crippen LogP contribution in [-0.4, -0.2) is 13.0 Å². The summed E-state index contributed by atoms with van der Waals surface area (Å²) in [4.78, 5) is 0. The highest BCUT2D eigenvalue weighted by molar-refractivity contribution is 5.72. The third-order valence-corrected chi connectivity index (χ3v) is 1.00. The molecule has 0 atom stereocenters. The molecule has 48 valence electrons. The molecule has 0 saturated heterocycles. The maximum atomic E-state index is 7.02. The number of hydrogen-bond donors (Lipinski definition) is 1. The Balaban J connectivity index is 2.99. The van der Waals surface area contributed by atoms with Crippen molar-refractivity contribution in [1.82, 2.24) is 0 Å². The topological polar surface area (TPSA) is 33.1 Å². The molecule has 8 heavy (non-hydrogen) atoms. The van der Waals surface area contributed by atoms with Gasteiger partial charge in [-0.3, -0.25) is 5.41 Å². The predicted octanol–water partition coefficient (Wildman–Crippen LogP) is 1.80. The Morgan fingerprint density at radius 3 is 2.62 bits per heavy atom. The number of hydrogen-bond acceptors (Lipinski definition) is 2. The van der Waals surface area contributed by atoms with Gasteiger partial charge in [0, 0.05) is 6.42 Å². The predicted molar refractivity (Wildman–Crippen MR) is 34.3 cm³/mol. The van der Waals surface area contributed by atoms with Gasteiger partial charge in [-0.05, 0) is 6.42 Å². The molecule has 2 heteroatoms. The molecule has 0 aromatic heterocycles. The summed E-state index contributed by atoms with van der Waals surface area (Å²) in [5, 5.41) is 7.02. The minimum atomic E-state index is 0.395. The van der Waals surface area contributed by atoms with Crippen LogP contribution < -0.4 is 0 Å². The Kier molecular flexibility index (Phi) is 4.32. The maximum Gasteiger partial charge on any atom is 0.180 e. The molecule has 1 N–H and O–H groups in total. The van der Waals surface area contributed by atoms with Crippen LogP contribution in [0.2, 0.25) is 0 Å². The highest BCUT2D eigenvalue weighted by atomic mass is 16.5. The Hall–Kier alpha value is -0.530. The van der Waals surface area contributed by atoms with Crippen LogP contribution in [0.1, 0.15) is 26.2 Å². The van der Waals surface area contributed by atoms with E-state index >= 15 is 0 Å². The molecule has 0 spiro atoms. The molecule has 0 fully saturated rings. The molecule has 0 radical (unpaired) electrons. The van der Waals surface area contributed by atoms with Crippen LogP contribution in [0.5, 0.6) is 0 Å². The number of unbranched alkanes of at least 4 members (excludes halogenated alkanes) is 1. The normalized spacial score (nSPS) is 8.75. The van der Waals surface area contributed by atoms with Crippen LogP contribution in [0.3, 0.4) is 0 Å². The number of rotatable bonds is 3. The van der Waals surface area contributed by atoms with E-state index in [4.69, 9.17) is 5.41 Å². The van der Waals surface area contributed by atoms with Gasteiger partial charge in [-0.2, -0.15) is 0 Å². The van der Waals surface area contributed by atoms with Crippen LogP contribution in [0, 0.1) is 5.41 Å². The molecule has 0 aliphatic heterocycles. The van der Waals surface area contributed by atoms with Crippen LogP contribution >= 0.6 is 0 Å². The molecule has 0 aliphatic carbocycles. The summed E-state index contributed by atoms with van der Waals surface area (Å²) in [7, 11) is 1.54. The van der Waals surface area contributed by atoms with E-state index < -0.39 is 0 Å². The monoisotopic (exact) mass is 115 g/mol. The molecule has 0 bridgehead atoms. The molecule has 0 amide bonds. The largest absolute Gasteiger partial charge is 0.484 e. The van der Waals surface area contributed by atoms with Crippen LogP contribution in [0.15, 0.2) is 0 Å². The lowest BCUT2D eigenvalue weighted by atomic mass is 10.2. The summed E-state index contributed by atoms with van der Waals surface area (Å²) in [6.07, 6.45) is 2.98. The van der Waals surface area contributed by atoms with Crippen LogP contribution in [0.25, 0.3) is 0 Å². The van der Waals surface area contributed by atoms with Crippen LogP contribution in [-0.2, 0) is 4.74 Å². The second-order valence-corrected chi connectivity index (χ2v) is 1.73. The first-order valence-electron chi connectivity index (χ1n) is 2.92. The SMILES string of the molecule is CCCCC(=N)OC. The zero-order valence-corrected chi connectivity index (χ0v) is 5.53. The molecular weight excluding hydrogens is 102 g/mol. The summed E-state index contributed by atoms with van der Waals surface area (Å²) >= 11 is 0. The minimum absolute atomic E-state index is 0.395. The highest BCUT2D eigenvalue weighted by Gasteiger charge is 1.90. The van der Waals surface area contributed by atoms with E-state index in [-0.39, 0.29) is 0 Å². The van der Waals surface area contributed by atoms with E-state index in [0.29, 0.717) is 5.90 Å². The van der Waals surface area contributed by atoms with Gasteiger partial charge in [-0.1, -0.05) is 13.3 Å². The van der Waals surface area contributed by atoms with Gasteiger partial charge < -0.3 is 4.74 Å². The zero-order valence-electron chi connectivity index (χ0n) is 5.53. The van der Waals surface area contributed by atoms with Crippen molar-refractivity contribution in [2.24, 2.45) is 0 Å². The second-order valence-electron chi connectivity index (χ2n) is 1.73. The van der Waals surface area contributed by atoms with Crippen molar-refractivity contribution in [3.05, 3.63) is 0 Å². The van der Waals surface area contributed by atoms with E-state index in [1.54, 1.807) is 0 Å². The first kappa shape index (κ1) is 7.47. The van der Waals surface area contributed by atoms with Crippen molar-refractivity contribution in [3.63, 3.8) is 0 Å². The van der Waals surface area contributed by atoms with E-state index in [0.717, 1.165) is 19.3 Å². The van der Waals surface area contributed by atoms with Gasteiger partial charge in [0.15, 0.2) is 5.90 Å². The average Bonchev–Trinajstić information content (AvgIpc) is 1.83. The lowest BCUT2D eigenvalue weighted by molar-refractivity contribution is 0.384. The van der Waals surface area contributed by atoms with E-state index in [1.807, 2.05) is 0 Å². The molecule has 0 heterocycles. The number of ether oxygens (including phenoxy) is 1. The number of methoxy groups -OCH3 is 1. The first-order chi connectivity index (χ1) is 3.81. The standard InChI is InChI=1S/C6H13NO/c1-3-4-5-6(7)8-2/h7H,3-5H2,1-2H3. The maximum absolute atomic E-state index is 7.02. The summed E-state index contributed by atoms with van der Waals surface area (Å²) in [6.45, 7) is 2.10. The zero-order chi connectivity index (χ0) is 6.41. The summed E-state index contributed by atoms with van der Waals surface area (Å²) < 4.78 is 4.64. The molecule has 0 aromatic rings. The molecule has 0 saturated carbocycles. The van der Waals surface area contributed by atoms with E-state index in [1.165, 1.54) is 7.11 Å². The smallest absolute Gasteiger partial charge is 0.180 e. The van der Waals surface area contributed by atoms with E-state index in [2.05, 4.69) is 11.7 Å². The Morgan fingerprint density at radius 1 is 1.62 bits per heavy atom. The Bertz CT molecular complexity index is 70.9. The van der Waals surface area contributed by atoms with Gasteiger partial charge in [0.2, 0.25) is 0 Å². The van der Waals surface area contributed by atoms with Crippen molar-refractivity contribution in [3.8, 4) is 0 Å². The molecule has 0 aromatic carbocycles. The fourth-order valence-corrected chi connectivity index (χ4v) is 0.439. The Labute approximate surface area is 50.4 Å². The van der Waals surface area contributed by atoms with E-state index in [9.17, 15) is 0 Å². The fraction of sp³-hybridized carbons (Fsp3) is 0.833. The quantitative estimate of drug-likeness (QED) is 0.441. The Morgan fingerprint density at radius 2 is 2.25 bits per heavy atom. The summed E-state index contributed by atoms with van der Waals surface area (Å²) in [5.41, 5.74) is 0. The third kappa shape index (κ3) is 3.65. The summed E-state index contributed by atoms with van der Waals surface area (Å²) in [6, 6.07) is 0. The molecule has 0 unspecified atom stereocenters. The van der Waals surface area contributed by atoms with Gasteiger partial charge >= 0.3 is 0 Å². The first-order valence-corrected chi connectivity index (χ1v) is 2.92. The second kappa shape index (κ2) is 4.62. The summed E-state index contributed by atoms with van der Waals surface area (Å²) in [5.74, 6) is 0.395. The molecule has 0 aliphatic rings. The molecule has 2 nitrogen and oxygen atoms in total. The van der Waals surface area contributed by atoms with Gasteiger partial charge in [-0.25, -0.2) is 0 Å². The van der Waals surface area contributed by atoms with Crippen molar-refractivity contribution in [1.29, 1.82) is 5.41 Å². The lowest BCUT2D eigenvalue weighted by Crippen LogP contribution is -1.97. The third-order valence-electron chi connectivity index (χ3n) is 1.00. The van der Waals surface area contributed by atoms with Crippen molar-refractivity contribution < 1.29 is 4.74 Å².